The van der Waals surface area contributed by atoms with Gasteiger partial charge >= 0.3 is 0 Å². The first kappa shape index (κ1) is 24.4. The van der Waals surface area contributed by atoms with Crippen LogP contribution in [0, 0.1) is 11.3 Å². The van der Waals surface area contributed by atoms with Crippen LogP contribution in [0.25, 0.3) is 0 Å². The average Bonchev–Trinajstić information content (AvgIpc) is 2.60. The van der Waals surface area contributed by atoms with Crippen LogP contribution in [0.3, 0.4) is 0 Å². The van der Waals surface area contributed by atoms with Gasteiger partial charge in [0, 0.05) is 25.2 Å². The second kappa shape index (κ2) is 11.4. The van der Waals surface area contributed by atoms with Crippen LogP contribution in [0.1, 0.15) is 52.0 Å². The summed E-state index contributed by atoms with van der Waals surface area (Å²) in [6, 6.07) is 7.63. The van der Waals surface area contributed by atoms with Gasteiger partial charge in [0.05, 0.1) is 6.42 Å². The molecule has 6 heteroatoms. The van der Waals surface area contributed by atoms with Crippen LogP contribution in [-0.2, 0) is 16.0 Å². The van der Waals surface area contributed by atoms with Gasteiger partial charge in [-0.3, -0.25) is 9.59 Å². The molecule has 0 spiro atoms. The lowest BCUT2D eigenvalue weighted by Gasteiger charge is -2.32. The molecule has 1 aliphatic rings. The normalized spacial score (nSPS) is 15.1. The molecular formula is C22H36ClN3O2. The number of carbonyl (C=O) groups is 2. The highest BCUT2D eigenvalue weighted by atomic mass is 35.5. The van der Waals surface area contributed by atoms with Gasteiger partial charge in [-0.15, -0.1) is 12.4 Å². The zero-order valence-corrected chi connectivity index (χ0v) is 18.5. The van der Waals surface area contributed by atoms with Crippen molar-refractivity contribution in [3.63, 3.8) is 0 Å². The van der Waals surface area contributed by atoms with Gasteiger partial charge in [-0.25, -0.2) is 0 Å². The molecule has 158 valence electrons. The highest BCUT2D eigenvalue weighted by Gasteiger charge is 2.22. The van der Waals surface area contributed by atoms with E-state index in [-0.39, 0.29) is 29.6 Å². The number of hydrogen-bond donors (Lipinski definition) is 2. The fourth-order valence-corrected chi connectivity index (χ4v) is 3.50. The summed E-state index contributed by atoms with van der Waals surface area (Å²) in [5, 5.41) is 6.13. The van der Waals surface area contributed by atoms with E-state index in [1.54, 1.807) is 0 Å². The van der Waals surface area contributed by atoms with E-state index in [2.05, 4.69) is 10.6 Å². The number of rotatable bonds is 7. The van der Waals surface area contributed by atoms with Gasteiger partial charge in [0.25, 0.3) is 0 Å². The van der Waals surface area contributed by atoms with Gasteiger partial charge in [-0.05, 0) is 61.9 Å². The van der Waals surface area contributed by atoms with E-state index in [0.29, 0.717) is 12.8 Å². The Labute approximate surface area is 176 Å². The third-order valence-corrected chi connectivity index (χ3v) is 5.05. The maximum atomic E-state index is 12.6. The number of anilines is 1. The van der Waals surface area contributed by atoms with Crippen LogP contribution in [0.5, 0.6) is 0 Å². The minimum atomic E-state index is -0.0308. The molecular weight excluding hydrogens is 374 g/mol. The summed E-state index contributed by atoms with van der Waals surface area (Å²) in [4.78, 5) is 26.6. The van der Waals surface area contributed by atoms with Crippen molar-refractivity contribution in [1.82, 2.24) is 10.2 Å². The van der Waals surface area contributed by atoms with Crippen molar-refractivity contribution in [2.45, 2.75) is 52.9 Å². The summed E-state index contributed by atoms with van der Waals surface area (Å²) < 4.78 is 0. The van der Waals surface area contributed by atoms with Crippen molar-refractivity contribution in [3.05, 3.63) is 29.8 Å². The lowest BCUT2D eigenvalue weighted by Crippen LogP contribution is -2.39. The molecule has 2 rings (SSSR count). The van der Waals surface area contributed by atoms with Gasteiger partial charge in [-0.1, -0.05) is 32.9 Å². The Morgan fingerprint density at radius 1 is 1.11 bits per heavy atom. The highest BCUT2D eigenvalue weighted by Crippen LogP contribution is 2.22. The van der Waals surface area contributed by atoms with Crippen LogP contribution in [0.15, 0.2) is 24.3 Å². The number of benzene rings is 1. The van der Waals surface area contributed by atoms with Crippen LogP contribution in [-0.4, -0.2) is 43.4 Å². The van der Waals surface area contributed by atoms with Gasteiger partial charge in [0.2, 0.25) is 11.8 Å². The van der Waals surface area contributed by atoms with E-state index in [1.165, 1.54) is 6.42 Å². The number of carbonyl (C=O) groups excluding carboxylic acids is 2. The number of halogens is 1. The Balaban J connectivity index is 0.00000392. The number of nitrogens with one attached hydrogen (secondary N) is 2. The summed E-state index contributed by atoms with van der Waals surface area (Å²) in [5.41, 5.74) is 1.74. The molecule has 1 fully saturated rings. The molecule has 0 aliphatic carbocycles. The van der Waals surface area contributed by atoms with Crippen molar-refractivity contribution < 1.29 is 9.59 Å². The largest absolute Gasteiger partial charge is 0.342 e. The molecule has 0 atom stereocenters. The smallest absolute Gasteiger partial charge is 0.226 e. The summed E-state index contributed by atoms with van der Waals surface area (Å²) in [6.07, 6.45) is 4.31. The lowest BCUT2D eigenvalue weighted by molar-refractivity contribution is -0.131. The molecule has 5 nitrogen and oxygen atoms in total. The van der Waals surface area contributed by atoms with Crippen molar-refractivity contribution in [2.24, 2.45) is 11.3 Å². The summed E-state index contributed by atoms with van der Waals surface area (Å²) >= 11 is 0. The molecule has 0 bridgehead atoms. The van der Waals surface area contributed by atoms with E-state index < -0.39 is 0 Å². The minimum absolute atomic E-state index is 0. The number of amides is 2. The predicted octanol–water partition coefficient (Wildman–Crippen LogP) is 3.87. The Bertz CT molecular complexity index is 618. The second-order valence-electron chi connectivity index (χ2n) is 8.88. The van der Waals surface area contributed by atoms with Crippen molar-refractivity contribution in [2.75, 3.05) is 32.0 Å². The summed E-state index contributed by atoms with van der Waals surface area (Å²) in [7, 11) is 1.99. The fourth-order valence-electron chi connectivity index (χ4n) is 3.50. The molecule has 1 aromatic carbocycles. The van der Waals surface area contributed by atoms with Crippen molar-refractivity contribution in [1.29, 1.82) is 0 Å². The Kier molecular flexibility index (Phi) is 9.97. The van der Waals surface area contributed by atoms with Gasteiger partial charge in [-0.2, -0.15) is 0 Å². The SMILES string of the molecule is CNCCC1CCN(C(=O)Cc2ccc(NC(=O)CC(C)(C)C)cc2)CC1.Cl. The number of likely N-dealkylation sites (tertiary alicyclic amines) is 1. The van der Waals surface area contributed by atoms with Crippen LogP contribution >= 0.6 is 12.4 Å². The molecule has 1 aliphatic heterocycles. The van der Waals surface area contributed by atoms with Gasteiger partial charge in [0.1, 0.15) is 0 Å². The van der Waals surface area contributed by atoms with Crippen molar-refractivity contribution >= 4 is 29.9 Å². The molecule has 2 amide bonds. The van der Waals surface area contributed by atoms with E-state index in [9.17, 15) is 9.59 Å². The Hall–Kier alpha value is -1.59. The second-order valence-corrected chi connectivity index (χ2v) is 8.88. The molecule has 28 heavy (non-hydrogen) atoms. The first-order valence-electron chi connectivity index (χ1n) is 10.1. The van der Waals surface area contributed by atoms with E-state index >= 15 is 0 Å². The molecule has 1 heterocycles. The third-order valence-electron chi connectivity index (χ3n) is 5.05. The maximum Gasteiger partial charge on any atom is 0.226 e. The standard InChI is InChI=1S/C22H35N3O2.ClH/c1-22(2,3)16-20(26)24-19-7-5-18(6-8-19)15-21(27)25-13-10-17(11-14-25)9-12-23-4;/h5-8,17,23H,9-16H2,1-4H3,(H,24,26);1H. The quantitative estimate of drug-likeness (QED) is 0.718. The number of nitrogens with zero attached hydrogens (tertiary/aromatic N) is 1. The van der Waals surface area contributed by atoms with E-state index in [4.69, 9.17) is 0 Å². The summed E-state index contributed by atoms with van der Waals surface area (Å²) in [5.74, 6) is 0.955. The molecule has 2 N–H and O–H groups in total. The van der Waals surface area contributed by atoms with E-state index in [1.807, 2.05) is 57.0 Å². The third kappa shape index (κ3) is 8.61. The first-order chi connectivity index (χ1) is 12.8. The minimum Gasteiger partial charge on any atom is -0.342 e. The zero-order valence-electron chi connectivity index (χ0n) is 17.7. The van der Waals surface area contributed by atoms with Crippen LogP contribution in [0.2, 0.25) is 0 Å². The Morgan fingerprint density at radius 3 is 2.25 bits per heavy atom. The Morgan fingerprint density at radius 2 is 1.71 bits per heavy atom. The molecule has 0 radical (unpaired) electrons. The van der Waals surface area contributed by atoms with E-state index in [0.717, 1.165) is 49.6 Å². The first-order valence-corrected chi connectivity index (χ1v) is 10.1. The molecule has 0 saturated carbocycles. The molecule has 0 unspecified atom stereocenters. The van der Waals surface area contributed by atoms with Crippen LogP contribution in [0.4, 0.5) is 5.69 Å². The monoisotopic (exact) mass is 409 g/mol. The lowest BCUT2D eigenvalue weighted by atomic mass is 9.92. The van der Waals surface area contributed by atoms with Crippen molar-refractivity contribution in [3.8, 4) is 0 Å². The average molecular weight is 410 g/mol. The zero-order chi connectivity index (χ0) is 19.9. The maximum absolute atomic E-state index is 12.6. The predicted molar refractivity (Wildman–Crippen MR) is 118 cm³/mol. The summed E-state index contributed by atoms with van der Waals surface area (Å²) in [6.45, 7) is 8.93. The van der Waals surface area contributed by atoms with Gasteiger partial charge in [0.15, 0.2) is 0 Å². The topological polar surface area (TPSA) is 61.4 Å². The molecule has 1 aromatic rings. The van der Waals surface area contributed by atoms with Crippen LogP contribution < -0.4 is 10.6 Å². The van der Waals surface area contributed by atoms with Gasteiger partial charge < -0.3 is 15.5 Å². The fraction of sp³-hybridized carbons (Fsp3) is 0.636. The molecule has 0 aromatic heterocycles. The number of piperidine rings is 1. The molecule has 1 saturated heterocycles. The number of hydrogen-bond acceptors (Lipinski definition) is 3. The highest BCUT2D eigenvalue weighted by molar-refractivity contribution is 5.91.